The summed E-state index contributed by atoms with van der Waals surface area (Å²) in [6.45, 7) is 1.90. The predicted octanol–water partition coefficient (Wildman–Crippen LogP) is 3.44. The molecule has 0 aliphatic rings. The molecule has 0 spiro atoms. The molecule has 0 aliphatic carbocycles. The second-order valence-corrected chi connectivity index (χ2v) is 8.80. The fourth-order valence-corrected chi connectivity index (χ4v) is 4.37. The fourth-order valence-electron chi connectivity index (χ4n) is 2.21. The van der Waals surface area contributed by atoms with Crippen LogP contribution in [0.2, 0.25) is 0 Å². The number of aromatic nitrogens is 2. The molecule has 0 unspecified atom stereocenters. The summed E-state index contributed by atoms with van der Waals surface area (Å²) in [7, 11) is -4.15. The molecule has 1 amide bonds. The number of sulfone groups is 1. The van der Waals surface area contributed by atoms with Crippen LogP contribution in [-0.2, 0) is 9.84 Å². The Hall–Kier alpha value is -3.35. The van der Waals surface area contributed by atoms with Crippen molar-refractivity contribution in [3.8, 4) is 6.07 Å². The largest absolute Gasteiger partial charge is 0.296 e. The first kappa shape index (κ1) is 19.4. The number of anilines is 1. The van der Waals surface area contributed by atoms with Crippen molar-refractivity contribution in [2.75, 3.05) is 5.32 Å². The molecule has 0 saturated heterocycles. The van der Waals surface area contributed by atoms with E-state index in [9.17, 15) is 18.5 Å². The molecule has 0 atom stereocenters. The summed E-state index contributed by atoms with van der Waals surface area (Å²) in [4.78, 5) is 11.7. The van der Waals surface area contributed by atoms with E-state index in [2.05, 4.69) is 15.5 Å². The maximum Gasteiger partial charge on any atom is 0.257 e. The van der Waals surface area contributed by atoms with Crippen LogP contribution in [0.3, 0.4) is 0 Å². The molecule has 0 bridgehead atoms. The normalized spacial score (nSPS) is 11.6. The van der Waals surface area contributed by atoms with Crippen molar-refractivity contribution in [3.05, 3.63) is 76.2 Å². The van der Waals surface area contributed by atoms with Gasteiger partial charge in [0.2, 0.25) is 19.3 Å². The monoisotopic (exact) mass is 410 g/mol. The minimum atomic E-state index is -4.15. The van der Waals surface area contributed by atoms with Gasteiger partial charge in [-0.15, -0.1) is 10.2 Å². The number of allylic oxidation sites excluding steroid dienone is 1. The van der Waals surface area contributed by atoms with E-state index in [1.165, 1.54) is 6.08 Å². The van der Waals surface area contributed by atoms with Crippen molar-refractivity contribution in [3.63, 3.8) is 0 Å². The smallest absolute Gasteiger partial charge is 0.257 e. The van der Waals surface area contributed by atoms with E-state index in [1.807, 2.05) is 19.1 Å². The van der Waals surface area contributed by atoms with Gasteiger partial charge >= 0.3 is 0 Å². The van der Waals surface area contributed by atoms with Gasteiger partial charge in [0.25, 0.3) is 5.91 Å². The lowest BCUT2D eigenvalue weighted by Crippen LogP contribution is -2.11. The van der Waals surface area contributed by atoms with Gasteiger partial charge in [-0.1, -0.05) is 59.4 Å². The van der Waals surface area contributed by atoms with Gasteiger partial charge in [-0.05, 0) is 30.7 Å². The number of rotatable bonds is 5. The highest BCUT2D eigenvalue weighted by molar-refractivity contribution is 7.97. The zero-order chi connectivity index (χ0) is 20.1. The van der Waals surface area contributed by atoms with Crippen molar-refractivity contribution in [2.24, 2.45) is 0 Å². The van der Waals surface area contributed by atoms with Gasteiger partial charge in [-0.2, -0.15) is 5.26 Å². The lowest BCUT2D eigenvalue weighted by Gasteiger charge is -2.00. The number of nitriles is 1. The molecule has 0 radical (unpaired) electrons. The summed E-state index contributed by atoms with van der Waals surface area (Å²) >= 11 is 0.685. The van der Waals surface area contributed by atoms with Crippen molar-refractivity contribution >= 4 is 38.3 Å². The van der Waals surface area contributed by atoms with E-state index < -0.39 is 20.6 Å². The standard InChI is InChI=1S/C19H14N4O3S2/c1-13-7-9-14(10-8-13)11-16(12-20)28(25,26)19-23-22-18(27-19)21-17(24)15-5-3-2-4-6-15/h2-11H,1H3,(H,21,22,24). The van der Waals surface area contributed by atoms with Gasteiger partial charge in [0.05, 0.1) is 0 Å². The number of carbonyl (C=O) groups is 1. The molecule has 9 heteroatoms. The molecule has 140 valence electrons. The third-order valence-electron chi connectivity index (χ3n) is 3.67. The average molecular weight is 410 g/mol. The molecule has 3 aromatic rings. The summed E-state index contributed by atoms with van der Waals surface area (Å²) in [5.74, 6) is -0.434. The van der Waals surface area contributed by atoms with Crippen LogP contribution in [0.5, 0.6) is 0 Å². The van der Waals surface area contributed by atoms with Crippen molar-refractivity contribution < 1.29 is 13.2 Å². The number of nitrogens with one attached hydrogen (secondary N) is 1. The summed E-state index contributed by atoms with van der Waals surface area (Å²) in [6.07, 6.45) is 1.28. The first-order chi connectivity index (χ1) is 13.4. The molecule has 3 rings (SSSR count). The zero-order valence-corrected chi connectivity index (χ0v) is 16.3. The number of hydrogen-bond acceptors (Lipinski definition) is 7. The Morgan fingerprint density at radius 1 is 1.11 bits per heavy atom. The molecule has 0 aliphatic heterocycles. The minimum absolute atomic E-state index is 0.0278. The van der Waals surface area contributed by atoms with Crippen molar-refractivity contribution in [1.82, 2.24) is 10.2 Å². The van der Waals surface area contributed by atoms with E-state index in [-0.39, 0.29) is 9.47 Å². The van der Waals surface area contributed by atoms with Gasteiger partial charge in [0.15, 0.2) is 4.91 Å². The van der Waals surface area contributed by atoms with Gasteiger partial charge in [-0.3, -0.25) is 10.1 Å². The summed E-state index contributed by atoms with van der Waals surface area (Å²) in [6, 6.07) is 17.2. The van der Waals surface area contributed by atoms with E-state index >= 15 is 0 Å². The van der Waals surface area contributed by atoms with Crippen LogP contribution >= 0.6 is 11.3 Å². The molecular weight excluding hydrogens is 396 g/mol. The summed E-state index contributed by atoms with van der Waals surface area (Å²) in [5, 5.41) is 19.2. The van der Waals surface area contributed by atoms with Gasteiger partial charge in [0, 0.05) is 5.56 Å². The molecule has 0 fully saturated rings. The SMILES string of the molecule is Cc1ccc(C=C(C#N)S(=O)(=O)c2nnc(NC(=O)c3ccccc3)s2)cc1. The van der Waals surface area contributed by atoms with E-state index in [4.69, 9.17) is 0 Å². The minimum Gasteiger partial charge on any atom is -0.296 e. The molecule has 1 aromatic heterocycles. The second-order valence-electron chi connectivity index (χ2n) is 5.73. The topological polar surface area (TPSA) is 113 Å². The summed E-state index contributed by atoms with van der Waals surface area (Å²) < 4.78 is 25.1. The first-order valence-corrected chi connectivity index (χ1v) is 10.3. The summed E-state index contributed by atoms with van der Waals surface area (Å²) in [5.41, 5.74) is 1.99. The maximum absolute atomic E-state index is 12.7. The molecule has 7 nitrogen and oxygen atoms in total. The number of benzene rings is 2. The van der Waals surface area contributed by atoms with Gasteiger partial charge in [-0.25, -0.2) is 8.42 Å². The third-order valence-corrected chi connectivity index (χ3v) is 6.54. The average Bonchev–Trinajstić information content (AvgIpc) is 3.17. The highest BCUT2D eigenvalue weighted by atomic mass is 32.2. The molecule has 0 saturated carbocycles. The lowest BCUT2D eigenvalue weighted by atomic mass is 10.1. The molecule has 1 heterocycles. The molecule has 28 heavy (non-hydrogen) atoms. The zero-order valence-electron chi connectivity index (χ0n) is 14.7. The lowest BCUT2D eigenvalue weighted by molar-refractivity contribution is 0.102. The van der Waals surface area contributed by atoms with Crippen LogP contribution in [0, 0.1) is 18.3 Å². The number of aryl methyl sites for hydroxylation is 1. The van der Waals surface area contributed by atoms with E-state index in [0.717, 1.165) is 5.56 Å². The highest BCUT2D eigenvalue weighted by Gasteiger charge is 2.26. The Labute approximate surface area is 165 Å². The quantitative estimate of drug-likeness (QED) is 0.509. The Kier molecular flexibility index (Phi) is 5.63. The predicted molar refractivity (Wildman–Crippen MR) is 106 cm³/mol. The molecule has 2 aromatic carbocycles. The van der Waals surface area contributed by atoms with Crippen molar-refractivity contribution in [1.29, 1.82) is 5.26 Å². The number of carbonyl (C=O) groups excluding carboxylic acids is 1. The number of amides is 1. The van der Waals surface area contributed by atoms with Gasteiger partial charge < -0.3 is 0 Å². The third kappa shape index (κ3) is 4.31. The van der Waals surface area contributed by atoms with Gasteiger partial charge in [0.1, 0.15) is 6.07 Å². The van der Waals surface area contributed by atoms with Crippen molar-refractivity contribution in [2.45, 2.75) is 11.3 Å². The maximum atomic E-state index is 12.7. The van der Waals surface area contributed by atoms with Crippen LogP contribution in [-0.4, -0.2) is 24.5 Å². The fraction of sp³-hybridized carbons (Fsp3) is 0.0526. The highest BCUT2D eigenvalue weighted by Crippen LogP contribution is 2.27. The van der Waals surface area contributed by atoms with Crippen LogP contribution < -0.4 is 5.32 Å². The second kappa shape index (κ2) is 8.12. The molecular formula is C19H14N4O3S2. The van der Waals surface area contributed by atoms with Crippen LogP contribution in [0.1, 0.15) is 21.5 Å². The Bertz CT molecular complexity index is 1180. The van der Waals surface area contributed by atoms with E-state index in [0.29, 0.717) is 22.5 Å². The Balaban J connectivity index is 1.85. The Morgan fingerprint density at radius 3 is 2.43 bits per heavy atom. The number of nitrogens with zero attached hydrogens (tertiary/aromatic N) is 3. The molecule has 1 N–H and O–H groups in total. The van der Waals surface area contributed by atoms with Crippen LogP contribution in [0.15, 0.2) is 63.8 Å². The van der Waals surface area contributed by atoms with E-state index in [1.54, 1.807) is 48.5 Å². The van der Waals surface area contributed by atoms with Crippen LogP contribution in [0.25, 0.3) is 6.08 Å². The number of hydrogen-bond donors (Lipinski definition) is 1. The Morgan fingerprint density at radius 2 is 1.79 bits per heavy atom. The van der Waals surface area contributed by atoms with Crippen LogP contribution in [0.4, 0.5) is 5.13 Å². The first-order valence-electron chi connectivity index (χ1n) is 8.03.